The molecule has 0 spiro atoms. The summed E-state index contributed by atoms with van der Waals surface area (Å²) in [6, 6.07) is 0. The van der Waals surface area contributed by atoms with Gasteiger partial charge in [-0.3, -0.25) is 0 Å². The van der Waals surface area contributed by atoms with Gasteiger partial charge >= 0.3 is 5.97 Å². The highest BCUT2D eigenvalue weighted by molar-refractivity contribution is 6.23. The van der Waals surface area contributed by atoms with E-state index < -0.39 is 0 Å². The van der Waals surface area contributed by atoms with Crippen molar-refractivity contribution in [2.75, 3.05) is 20.8 Å². The van der Waals surface area contributed by atoms with Crippen molar-refractivity contribution in [2.45, 2.75) is 26.4 Å². The Bertz CT molecular complexity index is 238. The number of rotatable bonds is 6. The van der Waals surface area contributed by atoms with Crippen LogP contribution in [0.3, 0.4) is 0 Å². The van der Waals surface area contributed by atoms with Gasteiger partial charge in [0, 0.05) is 7.11 Å². The molecule has 1 unspecified atom stereocenters. The van der Waals surface area contributed by atoms with Gasteiger partial charge in [0.2, 0.25) is 0 Å². The molecular weight excluding hydrogens is 212 g/mol. The van der Waals surface area contributed by atoms with Crippen LogP contribution in [-0.4, -0.2) is 43.1 Å². The lowest BCUT2D eigenvalue weighted by Gasteiger charge is -2.16. The van der Waals surface area contributed by atoms with E-state index in [4.69, 9.17) is 14.2 Å². The van der Waals surface area contributed by atoms with Gasteiger partial charge in [-0.25, -0.2) is 4.79 Å². The van der Waals surface area contributed by atoms with Crippen molar-refractivity contribution in [2.24, 2.45) is 0 Å². The molecule has 4 nitrogen and oxygen atoms in total. The Kier molecular flexibility index (Phi) is 7.07. The molecule has 0 amide bonds. The summed E-state index contributed by atoms with van der Waals surface area (Å²) in [5.41, 5.74) is 0.500. The van der Waals surface area contributed by atoms with Crippen molar-refractivity contribution in [3.63, 3.8) is 0 Å². The second kappa shape index (κ2) is 7.47. The largest absolute Gasteiger partial charge is 0.507 e. The Labute approximate surface area is 94.0 Å². The van der Waals surface area contributed by atoms with E-state index in [9.17, 15) is 4.79 Å². The maximum Gasteiger partial charge on any atom is 0.339 e. The molecular formula is C10H20O4Si. The Morgan fingerprint density at radius 2 is 2.00 bits per heavy atom. The average Bonchev–Trinajstić information content (AvgIpc) is 2.25. The maximum atomic E-state index is 11.7. The zero-order chi connectivity index (χ0) is 11.8. The minimum absolute atomic E-state index is 0.290. The molecule has 0 saturated heterocycles. The molecule has 5 heteroatoms. The van der Waals surface area contributed by atoms with Crippen LogP contribution in [0.15, 0.2) is 11.0 Å². The lowest BCUT2D eigenvalue weighted by atomic mass is 10.2. The van der Waals surface area contributed by atoms with Crippen molar-refractivity contribution in [1.29, 1.82) is 0 Å². The molecule has 0 aliphatic carbocycles. The van der Waals surface area contributed by atoms with Gasteiger partial charge in [-0.1, -0.05) is 6.92 Å². The smallest absolute Gasteiger partial charge is 0.339 e. The zero-order valence-electron chi connectivity index (χ0n) is 10.1. The molecule has 0 bridgehead atoms. The van der Waals surface area contributed by atoms with Gasteiger partial charge in [0.1, 0.15) is 0 Å². The fourth-order valence-electron chi connectivity index (χ4n) is 1.10. The van der Waals surface area contributed by atoms with Crippen molar-refractivity contribution in [3.8, 4) is 0 Å². The second-order valence-electron chi connectivity index (χ2n) is 3.19. The summed E-state index contributed by atoms with van der Waals surface area (Å²) in [6.07, 6.45) is 0.519. The summed E-state index contributed by atoms with van der Waals surface area (Å²) in [7, 11) is 3.77. The van der Waals surface area contributed by atoms with Crippen LogP contribution >= 0.6 is 0 Å². The van der Waals surface area contributed by atoms with Crippen LogP contribution in [0.5, 0.6) is 0 Å². The van der Waals surface area contributed by atoms with Gasteiger partial charge in [-0.2, -0.15) is 0 Å². The van der Waals surface area contributed by atoms with Crippen molar-refractivity contribution in [3.05, 3.63) is 11.0 Å². The molecule has 15 heavy (non-hydrogen) atoms. The predicted octanol–water partition coefficient (Wildman–Crippen LogP) is 0.198. The summed E-state index contributed by atoms with van der Waals surface area (Å²) in [5, 5.41) is 0.672. The van der Waals surface area contributed by atoms with Gasteiger partial charge < -0.3 is 14.2 Å². The van der Waals surface area contributed by atoms with E-state index in [0.29, 0.717) is 27.8 Å². The van der Waals surface area contributed by atoms with Gasteiger partial charge in [-0.15, -0.1) is 0 Å². The Hall–Kier alpha value is -0.813. The van der Waals surface area contributed by atoms with Crippen molar-refractivity contribution in [1.82, 2.24) is 0 Å². The van der Waals surface area contributed by atoms with Gasteiger partial charge in [-0.05, 0) is 13.3 Å². The number of esters is 1. The van der Waals surface area contributed by atoms with Crippen molar-refractivity contribution >= 4 is 16.2 Å². The summed E-state index contributed by atoms with van der Waals surface area (Å²) < 4.78 is 15.3. The number of hydrogen-bond acceptors (Lipinski definition) is 4. The van der Waals surface area contributed by atoms with E-state index in [1.807, 2.05) is 6.92 Å². The van der Waals surface area contributed by atoms with Gasteiger partial charge in [0.25, 0.3) is 0 Å². The van der Waals surface area contributed by atoms with Crippen LogP contribution in [0.4, 0.5) is 0 Å². The van der Waals surface area contributed by atoms with E-state index >= 15 is 0 Å². The quantitative estimate of drug-likeness (QED) is 0.284. The van der Waals surface area contributed by atoms with Crippen LogP contribution < -0.4 is 0 Å². The Balaban J connectivity index is 4.72. The van der Waals surface area contributed by atoms with Crippen LogP contribution in [0, 0.1) is 0 Å². The first-order valence-electron chi connectivity index (χ1n) is 5.03. The number of ether oxygens (including phenoxy) is 3. The molecule has 0 radical (unpaired) electrons. The van der Waals surface area contributed by atoms with Crippen LogP contribution in [0.1, 0.15) is 20.3 Å². The first kappa shape index (κ1) is 14.2. The number of hydrogen-bond donors (Lipinski definition) is 0. The monoisotopic (exact) mass is 232 g/mol. The average molecular weight is 232 g/mol. The molecule has 0 aromatic carbocycles. The van der Waals surface area contributed by atoms with E-state index in [-0.39, 0.29) is 12.1 Å². The molecule has 0 aromatic rings. The standard InChI is InChI=1S/C10H20O4Si/c1-5-6-14-9(11)8(7(2)12-3)10(15)13-4/h7H,5-6H2,1-4,15H3. The van der Waals surface area contributed by atoms with Gasteiger partial charge in [0.05, 0.1) is 41.0 Å². The first-order chi connectivity index (χ1) is 7.08. The predicted molar refractivity (Wildman–Crippen MR) is 61.7 cm³/mol. The second-order valence-corrected chi connectivity index (χ2v) is 4.10. The molecule has 0 N–H and O–H groups in total. The fourth-order valence-corrected chi connectivity index (χ4v) is 1.71. The number of carbonyl (C=O) groups excluding carboxylic acids is 1. The summed E-state index contributed by atoms with van der Waals surface area (Å²) in [5.74, 6) is -0.335. The van der Waals surface area contributed by atoms with Crippen LogP contribution in [0.25, 0.3) is 0 Å². The number of carbonyl (C=O) groups is 1. The molecule has 0 rings (SSSR count). The maximum absolute atomic E-state index is 11.7. The van der Waals surface area contributed by atoms with E-state index in [2.05, 4.69) is 0 Å². The molecule has 0 aliphatic rings. The minimum Gasteiger partial charge on any atom is -0.507 e. The highest BCUT2D eigenvalue weighted by Crippen LogP contribution is 2.12. The molecule has 0 aromatic heterocycles. The highest BCUT2D eigenvalue weighted by atomic mass is 28.1. The summed E-state index contributed by atoms with van der Waals surface area (Å²) in [6.45, 7) is 4.19. The summed E-state index contributed by atoms with van der Waals surface area (Å²) in [4.78, 5) is 11.7. The van der Waals surface area contributed by atoms with E-state index in [1.165, 1.54) is 0 Å². The minimum atomic E-state index is -0.335. The lowest BCUT2D eigenvalue weighted by molar-refractivity contribution is -0.140. The Morgan fingerprint density at radius 1 is 1.40 bits per heavy atom. The molecule has 0 heterocycles. The fraction of sp³-hybridized carbons (Fsp3) is 0.700. The van der Waals surface area contributed by atoms with Crippen LogP contribution in [-0.2, 0) is 19.0 Å². The SMILES string of the molecule is CCCOC(=O)C(=C([SiH3])OC)C(C)OC. The third-order valence-corrected chi connectivity index (χ3v) is 3.05. The van der Waals surface area contributed by atoms with E-state index in [1.54, 1.807) is 21.1 Å². The molecule has 0 aliphatic heterocycles. The van der Waals surface area contributed by atoms with Crippen molar-refractivity contribution < 1.29 is 19.0 Å². The van der Waals surface area contributed by atoms with Crippen LogP contribution in [0.2, 0.25) is 0 Å². The molecule has 88 valence electrons. The first-order valence-corrected chi connectivity index (χ1v) is 6.03. The summed E-state index contributed by atoms with van der Waals surface area (Å²) >= 11 is 0. The van der Waals surface area contributed by atoms with E-state index in [0.717, 1.165) is 6.42 Å². The third kappa shape index (κ3) is 4.48. The highest BCUT2D eigenvalue weighted by Gasteiger charge is 2.21. The molecule has 0 saturated carbocycles. The lowest BCUT2D eigenvalue weighted by Crippen LogP contribution is -2.22. The third-order valence-electron chi connectivity index (χ3n) is 2.10. The Morgan fingerprint density at radius 3 is 2.40 bits per heavy atom. The zero-order valence-corrected chi connectivity index (χ0v) is 12.1. The normalized spacial score (nSPS) is 14.4. The molecule has 0 fully saturated rings. The topological polar surface area (TPSA) is 44.8 Å². The van der Waals surface area contributed by atoms with Gasteiger partial charge in [0.15, 0.2) is 0 Å². The number of methoxy groups -OCH3 is 2. The molecule has 1 atom stereocenters.